The number of hydrogen-bond donors (Lipinski definition) is 1. The number of aromatic nitrogens is 1. The summed E-state index contributed by atoms with van der Waals surface area (Å²) in [5, 5.41) is 3.61. The van der Waals surface area contributed by atoms with Crippen LogP contribution in [-0.2, 0) is 22.4 Å². The number of rotatable bonds is 3. The average Bonchev–Trinajstić information content (AvgIpc) is 2.83. The van der Waals surface area contributed by atoms with Gasteiger partial charge in [0.05, 0.1) is 18.2 Å². The standard InChI is InChI=1S/C17H25N3O3S/c1-2-23-15(21)12-7-6-10-20(11-12)17(22)19-16-18-13-8-4-3-5-9-14(13)24-16/h12H,2-11H2,1H3,(H,18,19,22). The summed E-state index contributed by atoms with van der Waals surface area (Å²) in [6.45, 7) is 3.28. The van der Waals surface area contributed by atoms with Crippen molar-refractivity contribution in [2.24, 2.45) is 5.92 Å². The number of urea groups is 1. The first-order chi connectivity index (χ1) is 11.7. The van der Waals surface area contributed by atoms with Gasteiger partial charge in [-0.15, -0.1) is 11.3 Å². The van der Waals surface area contributed by atoms with Gasteiger partial charge < -0.3 is 9.64 Å². The van der Waals surface area contributed by atoms with Crippen molar-refractivity contribution >= 4 is 28.5 Å². The Morgan fingerprint density at radius 1 is 1.29 bits per heavy atom. The highest BCUT2D eigenvalue weighted by atomic mass is 32.1. The van der Waals surface area contributed by atoms with E-state index >= 15 is 0 Å². The van der Waals surface area contributed by atoms with Gasteiger partial charge in [-0.1, -0.05) is 6.42 Å². The van der Waals surface area contributed by atoms with E-state index in [-0.39, 0.29) is 17.9 Å². The molecule has 0 saturated carbocycles. The molecule has 1 atom stereocenters. The van der Waals surface area contributed by atoms with Gasteiger partial charge in [0.1, 0.15) is 0 Å². The van der Waals surface area contributed by atoms with Crippen molar-refractivity contribution in [3.05, 3.63) is 10.6 Å². The molecule has 1 aliphatic heterocycles. The van der Waals surface area contributed by atoms with Crippen molar-refractivity contribution in [3.8, 4) is 0 Å². The highest BCUT2D eigenvalue weighted by molar-refractivity contribution is 7.15. The van der Waals surface area contributed by atoms with E-state index in [2.05, 4.69) is 10.3 Å². The molecule has 0 spiro atoms. The van der Waals surface area contributed by atoms with Gasteiger partial charge in [0.15, 0.2) is 5.13 Å². The number of carbonyl (C=O) groups excluding carboxylic acids is 2. The molecule has 0 radical (unpaired) electrons. The predicted octanol–water partition coefficient (Wildman–Crippen LogP) is 3.22. The summed E-state index contributed by atoms with van der Waals surface area (Å²) in [6.07, 6.45) is 7.33. The number of nitrogens with zero attached hydrogens (tertiary/aromatic N) is 2. The molecule has 2 aliphatic rings. The summed E-state index contributed by atoms with van der Waals surface area (Å²) in [4.78, 5) is 32.0. The normalized spacial score (nSPS) is 20.9. The zero-order valence-corrected chi connectivity index (χ0v) is 15.0. The van der Waals surface area contributed by atoms with Gasteiger partial charge in [-0.25, -0.2) is 9.78 Å². The number of piperidine rings is 1. The number of likely N-dealkylation sites (tertiary alicyclic amines) is 1. The van der Waals surface area contributed by atoms with Crippen LogP contribution in [0.25, 0.3) is 0 Å². The number of thiazole rings is 1. The molecule has 1 aromatic heterocycles. The molecule has 2 heterocycles. The molecule has 24 heavy (non-hydrogen) atoms. The second-order valence-electron chi connectivity index (χ2n) is 6.42. The summed E-state index contributed by atoms with van der Waals surface area (Å²) in [5.74, 6) is -0.409. The van der Waals surface area contributed by atoms with E-state index in [4.69, 9.17) is 4.74 Å². The van der Waals surface area contributed by atoms with E-state index < -0.39 is 0 Å². The van der Waals surface area contributed by atoms with Crippen LogP contribution >= 0.6 is 11.3 Å². The number of amides is 2. The fourth-order valence-corrected chi connectivity index (χ4v) is 4.41. The minimum absolute atomic E-state index is 0.159. The number of carbonyl (C=O) groups is 2. The Hall–Kier alpha value is -1.63. The molecule has 1 fully saturated rings. The van der Waals surface area contributed by atoms with Crippen LogP contribution in [0.1, 0.15) is 49.6 Å². The lowest BCUT2D eigenvalue weighted by Crippen LogP contribution is -2.44. The average molecular weight is 351 g/mol. The zero-order valence-electron chi connectivity index (χ0n) is 14.2. The van der Waals surface area contributed by atoms with Gasteiger partial charge in [-0.2, -0.15) is 0 Å². The lowest BCUT2D eigenvalue weighted by Gasteiger charge is -2.31. The summed E-state index contributed by atoms with van der Waals surface area (Å²) < 4.78 is 5.09. The number of hydrogen-bond acceptors (Lipinski definition) is 5. The molecule has 0 aromatic carbocycles. The third-order valence-electron chi connectivity index (χ3n) is 4.64. The van der Waals surface area contributed by atoms with Crippen LogP contribution in [-0.4, -0.2) is 41.6 Å². The second kappa shape index (κ2) is 7.96. The summed E-state index contributed by atoms with van der Waals surface area (Å²) in [6, 6.07) is -0.159. The van der Waals surface area contributed by atoms with Crippen LogP contribution in [0.4, 0.5) is 9.93 Å². The molecule has 6 nitrogen and oxygen atoms in total. The molecule has 1 aromatic rings. The fourth-order valence-electron chi connectivity index (χ4n) is 3.37. The van der Waals surface area contributed by atoms with Crippen molar-refractivity contribution < 1.29 is 14.3 Å². The summed E-state index contributed by atoms with van der Waals surface area (Å²) >= 11 is 1.59. The van der Waals surface area contributed by atoms with Gasteiger partial charge >= 0.3 is 12.0 Å². The maximum atomic E-state index is 12.5. The molecule has 1 saturated heterocycles. The minimum Gasteiger partial charge on any atom is -0.466 e. The molecule has 1 N–H and O–H groups in total. The maximum Gasteiger partial charge on any atom is 0.323 e. The van der Waals surface area contributed by atoms with Crippen LogP contribution < -0.4 is 5.32 Å². The number of ether oxygens (including phenoxy) is 1. The SMILES string of the molecule is CCOC(=O)C1CCCN(C(=O)Nc2nc3c(s2)CCCCC3)C1. The molecule has 2 amide bonds. The van der Waals surface area contributed by atoms with Crippen molar-refractivity contribution in [3.63, 3.8) is 0 Å². The van der Waals surface area contributed by atoms with Crippen LogP contribution in [0.3, 0.4) is 0 Å². The third-order valence-corrected chi connectivity index (χ3v) is 5.71. The number of nitrogens with one attached hydrogen (secondary N) is 1. The lowest BCUT2D eigenvalue weighted by molar-refractivity contribution is -0.149. The molecule has 1 aliphatic carbocycles. The van der Waals surface area contributed by atoms with Crippen LogP contribution in [0.15, 0.2) is 0 Å². The zero-order chi connectivity index (χ0) is 16.9. The van der Waals surface area contributed by atoms with Crippen molar-refractivity contribution in [2.75, 3.05) is 25.0 Å². The molecular weight excluding hydrogens is 326 g/mol. The molecule has 132 valence electrons. The first kappa shape index (κ1) is 17.2. The minimum atomic E-state index is -0.211. The van der Waals surface area contributed by atoms with Crippen molar-refractivity contribution in [2.45, 2.75) is 51.9 Å². The number of aryl methyl sites for hydroxylation is 2. The quantitative estimate of drug-likeness (QED) is 0.670. The smallest absolute Gasteiger partial charge is 0.323 e. The summed E-state index contributed by atoms with van der Waals surface area (Å²) in [5.41, 5.74) is 1.15. The topological polar surface area (TPSA) is 71.5 Å². The first-order valence-corrected chi connectivity index (χ1v) is 9.70. The molecular formula is C17H25N3O3S. The number of esters is 1. The van der Waals surface area contributed by atoms with Gasteiger partial charge in [0.2, 0.25) is 0 Å². The number of fused-ring (bicyclic) bond motifs is 1. The second-order valence-corrected chi connectivity index (χ2v) is 7.50. The Bertz CT molecular complexity index is 578. The summed E-state index contributed by atoms with van der Waals surface area (Å²) in [7, 11) is 0. The van der Waals surface area contributed by atoms with Crippen LogP contribution in [0.2, 0.25) is 0 Å². The lowest BCUT2D eigenvalue weighted by atomic mass is 9.98. The van der Waals surface area contributed by atoms with Gasteiger partial charge in [0.25, 0.3) is 0 Å². The molecule has 0 bridgehead atoms. The monoisotopic (exact) mass is 351 g/mol. The Morgan fingerprint density at radius 2 is 2.12 bits per heavy atom. The van der Waals surface area contributed by atoms with E-state index in [1.165, 1.54) is 24.1 Å². The van der Waals surface area contributed by atoms with Crippen molar-refractivity contribution in [1.82, 2.24) is 9.88 Å². The van der Waals surface area contributed by atoms with Crippen LogP contribution in [0.5, 0.6) is 0 Å². The third kappa shape index (κ3) is 4.06. The molecule has 1 unspecified atom stereocenters. The molecule has 7 heteroatoms. The largest absolute Gasteiger partial charge is 0.466 e. The van der Waals surface area contributed by atoms with Crippen LogP contribution in [0, 0.1) is 5.92 Å². The first-order valence-electron chi connectivity index (χ1n) is 8.88. The van der Waals surface area contributed by atoms with E-state index in [0.29, 0.717) is 24.8 Å². The van der Waals surface area contributed by atoms with Crippen molar-refractivity contribution in [1.29, 1.82) is 0 Å². The van der Waals surface area contributed by atoms with E-state index in [1.54, 1.807) is 23.2 Å². The highest BCUT2D eigenvalue weighted by Gasteiger charge is 2.29. The maximum absolute atomic E-state index is 12.5. The fraction of sp³-hybridized carbons (Fsp3) is 0.706. The Labute approximate surface area is 146 Å². The van der Waals surface area contributed by atoms with Gasteiger partial charge in [-0.05, 0) is 45.4 Å². The predicted molar refractivity (Wildman–Crippen MR) is 93.3 cm³/mol. The Balaban J connectivity index is 1.59. The molecule has 3 rings (SSSR count). The van der Waals surface area contributed by atoms with E-state index in [0.717, 1.165) is 31.4 Å². The van der Waals surface area contributed by atoms with E-state index in [1.807, 2.05) is 0 Å². The van der Waals surface area contributed by atoms with Gasteiger partial charge in [-0.3, -0.25) is 10.1 Å². The highest BCUT2D eigenvalue weighted by Crippen LogP contribution is 2.29. The Kier molecular flexibility index (Phi) is 5.71. The van der Waals surface area contributed by atoms with Gasteiger partial charge in [0, 0.05) is 18.0 Å². The Morgan fingerprint density at radius 3 is 2.96 bits per heavy atom. The number of anilines is 1. The van der Waals surface area contributed by atoms with E-state index in [9.17, 15) is 9.59 Å².